The van der Waals surface area contributed by atoms with E-state index < -0.39 is 6.68 Å². The first-order valence-electron chi connectivity index (χ1n) is 10.2. The van der Waals surface area contributed by atoms with E-state index in [1.807, 2.05) is 0 Å². The number of nitrogens with zero attached hydrogens (tertiary/aromatic N) is 2. The van der Waals surface area contributed by atoms with Crippen LogP contribution in [-0.4, -0.2) is 35.6 Å². The largest absolute Gasteiger partial charge is 0.451 e. The molecule has 0 fully saturated rings. The Morgan fingerprint density at radius 2 is 1.84 bits per heavy atom. The lowest BCUT2D eigenvalue weighted by Crippen LogP contribution is -2.36. The second-order valence-electron chi connectivity index (χ2n) is 8.26. The van der Waals surface area contributed by atoms with Crippen LogP contribution >= 0.6 is 0 Å². The Hall–Kier alpha value is -3.29. The molecule has 1 aliphatic carbocycles. The molecule has 1 N–H and O–H groups in total. The smallest absolute Gasteiger partial charge is 0.379 e. The summed E-state index contributed by atoms with van der Waals surface area (Å²) >= 11 is 0. The molecule has 5 nitrogen and oxygen atoms in total. The molecule has 3 aromatic rings. The van der Waals surface area contributed by atoms with Crippen LogP contribution in [0.4, 0.5) is 18.9 Å². The topological polar surface area (TPSA) is 58.4 Å². The molecule has 170 valence electrons. The molecule has 1 heterocycles. The highest BCUT2D eigenvalue weighted by molar-refractivity contribution is 5.91. The SMILES string of the molecule is CN(Cc1ccc(NC2Cc3ccccc3C2(C)C)cc1)C(=O)c1cocn1.FC(F)F. The summed E-state index contributed by atoms with van der Waals surface area (Å²) < 4.78 is 33.9. The van der Waals surface area contributed by atoms with Crippen LogP contribution < -0.4 is 5.32 Å². The van der Waals surface area contributed by atoms with Crippen molar-refractivity contribution < 1.29 is 22.4 Å². The maximum absolute atomic E-state index is 12.3. The summed E-state index contributed by atoms with van der Waals surface area (Å²) in [5.41, 5.74) is 5.42. The van der Waals surface area contributed by atoms with Gasteiger partial charge >= 0.3 is 6.68 Å². The first-order valence-corrected chi connectivity index (χ1v) is 10.2. The molecule has 0 spiro atoms. The van der Waals surface area contributed by atoms with Crippen molar-refractivity contribution in [2.75, 3.05) is 12.4 Å². The zero-order valence-corrected chi connectivity index (χ0v) is 18.2. The van der Waals surface area contributed by atoms with E-state index in [2.05, 4.69) is 72.7 Å². The van der Waals surface area contributed by atoms with Crippen molar-refractivity contribution in [3.05, 3.63) is 83.6 Å². The molecule has 1 amide bonds. The van der Waals surface area contributed by atoms with E-state index in [0.29, 0.717) is 18.3 Å². The van der Waals surface area contributed by atoms with E-state index in [9.17, 15) is 18.0 Å². The van der Waals surface area contributed by atoms with Crippen LogP contribution in [-0.2, 0) is 18.4 Å². The number of halogens is 3. The molecular weight excluding hydrogens is 419 g/mol. The summed E-state index contributed by atoms with van der Waals surface area (Å²) in [4.78, 5) is 17.8. The maximum atomic E-state index is 12.3. The average molecular weight is 445 g/mol. The van der Waals surface area contributed by atoms with Crippen molar-refractivity contribution >= 4 is 11.6 Å². The molecule has 8 heteroatoms. The summed E-state index contributed by atoms with van der Waals surface area (Å²) in [5, 5.41) is 3.70. The zero-order chi connectivity index (χ0) is 23.3. The van der Waals surface area contributed by atoms with Crippen molar-refractivity contribution in [1.29, 1.82) is 0 Å². The van der Waals surface area contributed by atoms with Gasteiger partial charge in [-0.2, -0.15) is 13.2 Å². The standard InChI is InChI=1S/C23H25N3O2.CHF3/c1-23(2)19-7-5-4-6-17(19)12-21(23)25-18-10-8-16(9-11-18)13-26(3)22(27)20-14-28-15-24-20;2-1(3)4/h4-11,14-15,21,25H,12-13H2,1-3H3;1H. The predicted octanol–water partition coefficient (Wildman–Crippen LogP) is 5.44. The summed E-state index contributed by atoms with van der Waals surface area (Å²) in [6, 6.07) is 17.3. The normalized spacial score (nSPS) is 16.2. The number of hydrogen-bond donors (Lipinski definition) is 1. The Kier molecular flexibility index (Phi) is 7.22. The third-order valence-electron chi connectivity index (χ3n) is 5.72. The van der Waals surface area contributed by atoms with Crippen molar-refractivity contribution in [2.45, 2.75) is 44.9 Å². The Morgan fingerprint density at radius 1 is 1.19 bits per heavy atom. The van der Waals surface area contributed by atoms with Crippen molar-refractivity contribution in [3.63, 3.8) is 0 Å². The Morgan fingerprint density at radius 3 is 2.44 bits per heavy atom. The van der Waals surface area contributed by atoms with Gasteiger partial charge in [0.2, 0.25) is 0 Å². The molecule has 0 aliphatic heterocycles. The molecular formula is C24H26F3N3O2. The minimum absolute atomic E-state index is 0.0828. The number of benzene rings is 2. The van der Waals surface area contributed by atoms with E-state index in [0.717, 1.165) is 17.7 Å². The average Bonchev–Trinajstić information content (AvgIpc) is 3.36. The monoisotopic (exact) mass is 445 g/mol. The summed E-state index contributed by atoms with van der Waals surface area (Å²) in [7, 11) is 1.77. The van der Waals surface area contributed by atoms with Crippen LogP contribution in [0.15, 0.2) is 65.6 Å². The molecule has 1 atom stereocenters. The lowest BCUT2D eigenvalue weighted by molar-refractivity contribution is 0.00818. The third-order valence-corrected chi connectivity index (χ3v) is 5.72. The van der Waals surface area contributed by atoms with Gasteiger partial charge in [-0.3, -0.25) is 4.79 Å². The predicted molar refractivity (Wildman–Crippen MR) is 116 cm³/mol. The minimum atomic E-state index is -3.67. The van der Waals surface area contributed by atoms with Crippen LogP contribution in [0.5, 0.6) is 0 Å². The van der Waals surface area contributed by atoms with Gasteiger partial charge in [-0.15, -0.1) is 0 Å². The van der Waals surface area contributed by atoms with E-state index >= 15 is 0 Å². The number of hydrogen-bond acceptors (Lipinski definition) is 4. The number of nitrogens with one attached hydrogen (secondary N) is 1. The number of aromatic nitrogens is 1. The van der Waals surface area contributed by atoms with Gasteiger partial charge in [-0.1, -0.05) is 50.2 Å². The summed E-state index contributed by atoms with van der Waals surface area (Å²) in [5.74, 6) is -0.151. The molecule has 2 aromatic carbocycles. The number of rotatable bonds is 5. The fourth-order valence-corrected chi connectivity index (χ4v) is 3.99. The zero-order valence-electron chi connectivity index (χ0n) is 18.2. The van der Waals surface area contributed by atoms with Crippen molar-refractivity contribution in [1.82, 2.24) is 9.88 Å². The third kappa shape index (κ3) is 5.49. The number of fused-ring (bicyclic) bond motifs is 1. The number of anilines is 1. The summed E-state index contributed by atoms with van der Waals surface area (Å²) in [6.07, 6.45) is 3.66. The first kappa shape index (κ1) is 23.4. The van der Waals surface area contributed by atoms with Gasteiger partial charge < -0.3 is 14.6 Å². The highest BCUT2D eigenvalue weighted by Gasteiger charge is 2.38. The Labute approximate surface area is 185 Å². The second-order valence-corrected chi connectivity index (χ2v) is 8.26. The molecule has 32 heavy (non-hydrogen) atoms. The van der Waals surface area contributed by atoms with E-state index in [-0.39, 0.29) is 11.3 Å². The molecule has 1 aliphatic rings. The maximum Gasteiger partial charge on any atom is 0.379 e. The van der Waals surface area contributed by atoms with Gasteiger partial charge in [0.15, 0.2) is 12.1 Å². The van der Waals surface area contributed by atoms with Gasteiger partial charge in [-0.05, 0) is 35.2 Å². The van der Waals surface area contributed by atoms with E-state index in [1.54, 1.807) is 11.9 Å². The van der Waals surface area contributed by atoms with Crippen LogP contribution in [0.1, 0.15) is 41.0 Å². The second kappa shape index (κ2) is 9.89. The van der Waals surface area contributed by atoms with Crippen LogP contribution in [0.25, 0.3) is 0 Å². The van der Waals surface area contributed by atoms with E-state index in [4.69, 9.17) is 4.42 Å². The number of carbonyl (C=O) groups is 1. The lowest BCUT2D eigenvalue weighted by atomic mass is 9.83. The van der Waals surface area contributed by atoms with Crippen molar-refractivity contribution in [2.24, 2.45) is 0 Å². The van der Waals surface area contributed by atoms with Gasteiger partial charge in [0.05, 0.1) is 0 Å². The van der Waals surface area contributed by atoms with Crippen LogP contribution in [0, 0.1) is 0 Å². The number of oxazole rings is 1. The van der Waals surface area contributed by atoms with Gasteiger partial charge in [0.1, 0.15) is 6.26 Å². The summed E-state index contributed by atoms with van der Waals surface area (Å²) in [6.45, 7) is 1.46. The Balaban J connectivity index is 0.000000668. The fraction of sp³-hybridized carbons (Fsp3) is 0.333. The van der Waals surface area contributed by atoms with Gasteiger partial charge in [-0.25, -0.2) is 4.98 Å². The molecule has 0 saturated heterocycles. The number of alkyl halides is 3. The lowest BCUT2D eigenvalue weighted by Gasteiger charge is -2.30. The quantitative estimate of drug-likeness (QED) is 0.568. The minimum Gasteiger partial charge on any atom is -0.451 e. The molecule has 0 bridgehead atoms. The molecule has 1 aromatic heterocycles. The van der Waals surface area contributed by atoms with Gasteiger partial charge in [0, 0.05) is 30.7 Å². The Bertz CT molecular complexity index is 1020. The molecule has 0 saturated carbocycles. The first-order chi connectivity index (χ1) is 15.2. The number of amides is 1. The fourth-order valence-electron chi connectivity index (χ4n) is 3.99. The van der Waals surface area contributed by atoms with Crippen LogP contribution in [0.3, 0.4) is 0 Å². The highest BCUT2D eigenvalue weighted by atomic mass is 19.4. The highest BCUT2D eigenvalue weighted by Crippen LogP contribution is 2.39. The number of carbonyl (C=O) groups excluding carboxylic acids is 1. The van der Waals surface area contributed by atoms with Crippen molar-refractivity contribution in [3.8, 4) is 0 Å². The van der Waals surface area contributed by atoms with Crippen LogP contribution in [0.2, 0.25) is 0 Å². The molecule has 0 radical (unpaired) electrons. The molecule has 1 unspecified atom stereocenters. The van der Waals surface area contributed by atoms with Gasteiger partial charge in [0.25, 0.3) is 5.91 Å². The molecule has 4 rings (SSSR count). The van der Waals surface area contributed by atoms with E-state index in [1.165, 1.54) is 23.8 Å².